The Hall–Kier alpha value is 0.0569. The molecule has 0 aliphatic carbocycles. The van der Waals surface area contributed by atoms with E-state index in [1.54, 1.807) is 0 Å². The Morgan fingerprint density at radius 2 is 1.72 bits per heavy atom. The van der Waals surface area contributed by atoms with Crippen LogP contribution in [0.2, 0.25) is 6.04 Å². The van der Waals surface area contributed by atoms with Gasteiger partial charge in [-0.3, -0.25) is 0 Å². The second-order valence-electron chi connectivity index (χ2n) is 5.33. The molecule has 1 rings (SSSR count). The number of unbranched alkanes of at least 4 members (excludes halogenated alkanes) is 1. The maximum absolute atomic E-state index is 5.87. The van der Waals surface area contributed by atoms with Crippen LogP contribution in [-0.2, 0) is 18.3 Å². The van der Waals surface area contributed by atoms with Gasteiger partial charge in [0.1, 0.15) is 6.10 Å². The molecule has 0 aromatic carbocycles. The van der Waals surface area contributed by atoms with E-state index in [0.29, 0.717) is 6.10 Å². The fourth-order valence-corrected chi connectivity index (χ4v) is 3.84. The van der Waals surface area contributed by atoms with Gasteiger partial charge in [0, 0.05) is 18.8 Å². The molecule has 0 aromatic rings. The summed E-state index contributed by atoms with van der Waals surface area (Å²) in [7, 11) is -1.49. The van der Waals surface area contributed by atoms with Gasteiger partial charge in [0.05, 0.1) is 13.2 Å². The van der Waals surface area contributed by atoms with E-state index in [9.17, 15) is 0 Å². The van der Waals surface area contributed by atoms with Gasteiger partial charge in [-0.1, -0.05) is 0 Å². The van der Waals surface area contributed by atoms with Gasteiger partial charge >= 0.3 is 9.28 Å². The van der Waals surface area contributed by atoms with E-state index in [0.717, 1.165) is 38.7 Å². The summed E-state index contributed by atoms with van der Waals surface area (Å²) in [6, 6.07) is 1.07. The lowest BCUT2D eigenvalue weighted by Crippen LogP contribution is -2.29. The van der Waals surface area contributed by atoms with Crippen LogP contribution in [0.15, 0.2) is 0 Å². The Labute approximate surface area is 113 Å². The predicted octanol–water partition coefficient (Wildman–Crippen LogP) is 2.25. The van der Waals surface area contributed by atoms with E-state index in [-0.39, 0.29) is 12.2 Å². The van der Waals surface area contributed by atoms with Crippen LogP contribution < -0.4 is 0 Å². The molecule has 1 unspecified atom stereocenters. The lowest BCUT2D eigenvalue weighted by Gasteiger charge is -2.21. The monoisotopic (exact) mass is 276 g/mol. The van der Waals surface area contributed by atoms with Crippen LogP contribution in [0.3, 0.4) is 0 Å². The Bertz CT molecular complexity index is 197. The van der Waals surface area contributed by atoms with E-state index < -0.39 is 9.28 Å². The lowest BCUT2D eigenvalue weighted by molar-refractivity contribution is 0.111. The van der Waals surface area contributed by atoms with Crippen molar-refractivity contribution in [3.8, 4) is 0 Å². The number of ether oxygens (including phenoxy) is 2. The summed E-state index contributed by atoms with van der Waals surface area (Å²) in [5.74, 6) is 0. The highest BCUT2D eigenvalue weighted by molar-refractivity contribution is 6.44. The minimum Gasteiger partial charge on any atom is -0.394 e. The highest BCUT2D eigenvalue weighted by atomic mass is 28.3. The molecule has 0 saturated carbocycles. The third-order valence-corrected chi connectivity index (χ3v) is 5.11. The van der Waals surface area contributed by atoms with Crippen molar-refractivity contribution in [1.29, 1.82) is 0 Å². The first-order valence-electron chi connectivity index (χ1n) is 7.08. The average Bonchev–Trinajstić information content (AvgIpc) is 3.05. The van der Waals surface area contributed by atoms with Crippen LogP contribution in [0.1, 0.15) is 40.5 Å². The van der Waals surface area contributed by atoms with E-state index >= 15 is 0 Å². The molecule has 1 heterocycles. The van der Waals surface area contributed by atoms with E-state index in [1.165, 1.54) is 0 Å². The van der Waals surface area contributed by atoms with Crippen LogP contribution in [-0.4, -0.2) is 47.4 Å². The molecule has 4 nitrogen and oxygen atoms in total. The molecular weight excluding hydrogens is 248 g/mol. The number of epoxide rings is 1. The van der Waals surface area contributed by atoms with Gasteiger partial charge in [-0.2, -0.15) is 0 Å². The molecule has 0 amide bonds. The second-order valence-corrected chi connectivity index (χ2v) is 7.31. The molecule has 0 aromatic heterocycles. The number of hydrogen-bond donors (Lipinski definition) is 0. The number of rotatable bonds is 11. The third kappa shape index (κ3) is 9.05. The van der Waals surface area contributed by atoms with Crippen molar-refractivity contribution in [3.63, 3.8) is 0 Å². The van der Waals surface area contributed by atoms with Crippen LogP contribution >= 0.6 is 0 Å². The number of hydrogen-bond acceptors (Lipinski definition) is 4. The molecule has 0 N–H and O–H groups in total. The van der Waals surface area contributed by atoms with Crippen molar-refractivity contribution in [2.24, 2.45) is 0 Å². The predicted molar refractivity (Wildman–Crippen MR) is 74.2 cm³/mol. The van der Waals surface area contributed by atoms with Gasteiger partial charge in [0.25, 0.3) is 0 Å². The normalized spacial score (nSPS) is 19.2. The van der Waals surface area contributed by atoms with Crippen molar-refractivity contribution in [1.82, 2.24) is 0 Å². The molecule has 1 atom stereocenters. The SMILES string of the molecule is CC(C)O[SiH](CCCCOCC1CO1)OC(C)C. The van der Waals surface area contributed by atoms with E-state index in [2.05, 4.69) is 27.7 Å². The summed E-state index contributed by atoms with van der Waals surface area (Å²) in [5.41, 5.74) is 0. The third-order valence-electron chi connectivity index (χ3n) is 2.53. The lowest BCUT2D eigenvalue weighted by atomic mass is 10.3. The van der Waals surface area contributed by atoms with Crippen molar-refractivity contribution >= 4 is 9.28 Å². The summed E-state index contributed by atoms with van der Waals surface area (Å²) in [4.78, 5) is 0. The molecule has 1 aliphatic rings. The maximum atomic E-state index is 5.87. The minimum atomic E-state index is -1.49. The molecule has 0 bridgehead atoms. The first-order chi connectivity index (χ1) is 8.58. The first-order valence-corrected chi connectivity index (χ1v) is 8.84. The summed E-state index contributed by atoms with van der Waals surface area (Å²) in [6.45, 7) is 10.7. The van der Waals surface area contributed by atoms with Crippen LogP contribution in [0.4, 0.5) is 0 Å². The highest BCUT2D eigenvalue weighted by Gasteiger charge is 2.22. The van der Waals surface area contributed by atoms with Crippen molar-refractivity contribution in [2.75, 3.05) is 19.8 Å². The summed E-state index contributed by atoms with van der Waals surface area (Å²) in [5, 5.41) is 0. The zero-order chi connectivity index (χ0) is 13.4. The smallest absolute Gasteiger partial charge is 0.321 e. The molecule has 1 saturated heterocycles. The topological polar surface area (TPSA) is 40.2 Å². The van der Waals surface area contributed by atoms with Crippen LogP contribution in [0.25, 0.3) is 0 Å². The second kappa shape index (κ2) is 9.04. The molecule has 18 heavy (non-hydrogen) atoms. The van der Waals surface area contributed by atoms with E-state index in [1.807, 2.05) is 0 Å². The Morgan fingerprint density at radius 1 is 1.11 bits per heavy atom. The van der Waals surface area contributed by atoms with Gasteiger partial charge in [-0.15, -0.1) is 0 Å². The fraction of sp³-hybridized carbons (Fsp3) is 1.00. The van der Waals surface area contributed by atoms with Gasteiger partial charge < -0.3 is 18.3 Å². The fourth-order valence-electron chi connectivity index (χ4n) is 1.67. The zero-order valence-corrected chi connectivity index (χ0v) is 13.3. The molecule has 0 spiro atoms. The van der Waals surface area contributed by atoms with Crippen LogP contribution in [0, 0.1) is 0 Å². The van der Waals surface area contributed by atoms with Gasteiger partial charge in [0.15, 0.2) is 0 Å². The first kappa shape index (κ1) is 16.1. The maximum Gasteiger partial charge on any atom is 0.321 e. The largest absolute Gasteiger partial charge is 0.394 e. The zero-order valence-electron chi connectivity index (χ0n) is 12.2. The Morgan fingerprint density at radius 3 is 2.22 bits per heavy atom. The van der Waals surface area contributed by atoms with Gasteiger partial charge in [-0.05, 0) is 46.6 Å². The molecule has 5 heteroatoms. The summed E-state index contributed by atoms with van der Waals surface area (Å²) < 4.78 is 22.3. The van der Waals surface area contributed by atoms with Gasteiger partial charge in [-0.25, -0.2) is 0 Å². The molecule has 108 valence electrons. The highest BCUT2D eigenvalue weighted by Crippen LogP contribution is 2.11. The average molecular weight is 276 g/mol. The molecule has 1 fully saturated rings. The minimum absolute atomic E-state index is 0.267. The molecular formula is C13H28O4Si. The van der Waals surface area contributed by atoms with Crippen molar-refractivity contribution in [2.45, 2.75) is 64.9 Å². The summed E-state index contributed by atoms with van der Waals surface area (Å²) in [6.07, 6.45) is 3.12. The van der Waals surface area contributed by atoms with Crippen molar-refractivity contribution in [3.05, 3.63) is 0 Å². The van der Waals surface area contributed by atoms with Crippen molar-refractivity contribution < 1.29 is 18.3 Å². The van der Waals surface area contributed by atoms with Crippen LogP contribution in [0.5, 0.6) is 0 Å². The molecule has 0 radical (unpaired) electrons. The Balaban J connectivity index is 1.99. The Kier molecular flexibility index (Phi) is 8.09. The van der Waals surface area contributed by atoms with Gasteiger partial charge in [0.2, 0.25) is 0 Å². The van der Waals surface area contributed by atoms with E-state index in [4.69, 9.17) is 18.3 Å². The quantitative estimate of drug-likeness (QED) is 0.330. The summed E-state index contributed by atoms with van der Waals surface area (Å²) >= 11 is 0. The molecule has 1 aliphatic heterocycles. The standard InChI is InChI=1S/C13H28O4Si/c1-11(2)16-18(17-12(3)4)8-6-5-7-14-9-13-10-15-13/h11-13,18H,5-10H2,1-4H3.